The number of carbonyl (C=O) groups is 2. The summed E-state index contributed by atoms with van der Waals surface area (Å²) in [6, 6.07) is 8.56. The van der Waals surface area contributed by atoms with Crippen LogP contribution in [0.4, 0.5) is 18.9 Å². The van der Waals surface area contributed by atoms with Gasteiger partial charge >= 0.3 is 12.1 Å². The number of hydrogen-bond donors (Lipinski definition) is 1. The van der Waals surface area contributed by atoms with Crippen LogP contribution in [-0.2, 0) is 15.1 Å². The standard InChI is InChI=1S/C22H28N4O.C2HF3O2/c1-16(2)14-26-18-8-4-11-23-20(18)25-12-5-9-19(25)22(26)10-13-24(15-22)21(27)17-6-3-7-17;3-2(4,5)1(6)7/h4-5,8-9,11-12,16-17H,3,6-7,10,13-15H2,1-2H3;(H,6,7). The number of carbonyl (C=O) groups excluding carboxylic acids is 1. The van der Waals surface area contributed by atoms with Crippen LogP contribution in [-0.4, -0.2) is 57.2 Å². The van der Waals surface area contributed by atoms with Gasteiger partial charge in [0.1, 0.15) is 5.54 Å². The number of fused-ring (bicyclic) bond motifs is 4. The number of aliphatic carboxylic acids is 1. The predicted octanol–water partition coefficient (Wildman–Crippen LogP) is 4.21. The van der Waals surface area contributed by atoms with E-state index in [4.69, 9.17) is 14.9 Å². The molecule has 2 aromatic heterocycles. The van der Waals surface area contributed by atoms with Crippen LogP contribution in [0.1, 0.15) is 45.2 Å². The molecule has 1 saturated carbocycles. The molecule has 0 radical (unpaired) electrons. The highest BCUT2D eigenvalue weighted by Gasteiger charge is 2.51. The lowest BCUT2D eigenvalue weighted by Gasteiger charge is -2.48. The highest BCUT2D eigenvalue weighted by atomic mass is 19.4. The highest BCUT2D eigenvalue weighted by Crippen LogP contribution is 2.47. The second-order valence-corrected chi connectivity index (χ2v) is 9.59. The van der Waals surface area contributed by atoms with Crippen LogP contribution in [0.15, 0.2) is 36.7 Å². The van der Waals surface area contributed by atoms with E-state index in [2.05, 4.69) is 52.6 Å². The molecule has 34 heavy (non-hydrogen) atoms. The number of carboxylic acids is 1. The zero-order valence-electron chi connectivity index (χ0n) is 19.3. The van der Waals surface area contributed by atoms with Crippen LogP contribution in [0.25, 0.3) is 5.82 Å². The molecule has 4 heterocycles. The number of anilines is 1. The van der Waals surface area contributed by atoms with Crippen LogP contribution in [0.2, 0.25) is 0 Å². The molecule has 1 saturated heterocycles. The predicted molar refractivity (Wildman–Crippen MR) is 120 cm³/mol. The molecule has 7 nitrogen and oxygen atoms in total. The summed E-state index contributed by atoms with van der Waals surface area (Å²) < 4.78 is 34.0. The van der Waals surface area contributed by atoms with Crippen molar-refractivity contribution < 1.29 is 27.9 Å². The third-order valence-electron chi connectivity index (χ3n) is 6.83. The van der Waals surface area contributed by atoms with Crippen molar-refractivity contribution >= 4 is 17.6 Å². The summed E-state index contributed by atoms with van der Waals surface area (Å²) in [5.74, 6) is -0.575. The van der Waals surface area contributed by atoms with Gasteiger partial charge in [0.15, 0.2) is 5.82 Å². The Morgan fingerprint density at radius 2 is 1.94 bits per heavy atom. The van der Waals surface area contributed by atoms with Gasteiger partial charge < -0.3 is 19.5 Å². The highest BCUT2D eigenvalue weighted by molar-refractivity contribution is 5.80. The number of rotatable bonds is 3. The number of alkyl halides is 3. The van der Waals surface area contributed by atoms with Crippen LogP contribution < -0.4 is 4.90 Å². The van der Waals surface area contributed by atoms with E-state index in [0.717, 1.165) is 44.7 Å². The summed E-state index contributed by atoms with van der Waals surface area (Å²) in [5, 5.41) is 7.12. The first-order valence-corrected chi connectivity index (χ1v) is 11.5. The normalized spacial score (nSPS) is 21.6. The van der Waals surface area contributed by atoms with E-state index in [9.17, 15) is 18.0 Å². The van der Waals surface area contributed by atoms with Crippen molar-refractivity contribution in [2.75, 3.05) is 24.5 Å². The monoisotopic (exact) mass is 478 g/mol. The van der Waals surface area contributed by atoms with E-state index < -0.39 is 12.1 Å². The molecule has 2 aromatic rings. The first kappa shape index (κ1) is 24.1. The summed E-state index contributed by atoms with van der Waals surface area (Å²) in [5.41, 5.74) is 2.31. The second-order valence-electron chi connectivity index (χ2n) is 9.59. The maximum Gasteiger partial charge on any atom is 0.490 e. The smallest absolute Gasteiger partial charge is 0.475 e. The molecule has 3 aliphatic rings. The Hall–Kier alpha value is -3.04. The Morgan fingerprint density at radius 3 is 2.53 bits per heavy atom. The Labute approximate surface area is 196 Å². The van der Waals surface area contributed by atoms with Gasteiger partial charge in [-0.3, -0.25) is 4.79 Å². The van der Waals surface area contributed by atoms with Crippen LogP contribution >= 0.6 is 0 Å². The fourth-order valence-corrected chi connectivity index (χ4v) is 5.06. The minimum atomic E-state index is -5.08. The summed E-state index contributed by atoms with van der Waals surface area (Å²) in [6.07, 6.45) is 3.23. The fraction of sp³-hybridized carbons (Fsp3) is 0.542. The van der Waals surface area contributed by atoms with E-state index in [0.29, 0.717) is 11.8 Å². The number of amides is 1. The molecule has 1 atom stereocenters. The summed E-state index contributed by atoms with van der Waals surface area (Å²) in [4.78, 5) is 31.2. The zero-order chi connectivity index (χ0) is 24.7. The molecule has 2 aliphatic heterocycles. The van der Waals surface area contributed by atoms with Gasteiger partial charge in [0, 0.05) is 37.9 Å². The van der Waals surface area contributed by atoms with Crippen LogP contribution in [0, 0.1) is 11.8 Å². The molecule has 0 bridgehead atoms. The van der Waals surface area contributed by atoms with Crippen molar-refractivity contribution in [3.63, 3.8) is 0 Å². The van der Waals surface area contributed by atoms with Crippen LogP contribution in [0.3, 0.4) is 0 Å². The molecule has 2 fully saturated rings. The van der Waals surface area contributed by atoms with Crippen molar-refractivity contribution in [1.29, 1.82) is 0 Å². The van der Waals surface area contributed by atoms with E-state index >= 15 is 0 Å². The largest absolute Gasteiger partial charge is 0.490 e. The van der Waals surface area contributed by atoms with Gasteiger partial charge in [-0.05, 0) is 49.4 Å². The number of halogens is 3. The first-order valence-electron chi connectivity index (χ1n) is 11.5. The second kappa shape index (κ2) is 8.96. The molecule has 10 heteroatoms. The lowest BCUT2D eigenvalue weighted by Crippen LogP contribution is -2.54. The average Bonchev–Trinajstić information content (AvgIpc) is 3.38. The van der Waals surface area contributed by atoms with E-state index in [1.807, 2.05) is 12.3 Å². The number of aromatic nitrogens is 2. The fourth-order valence-electron chi connectivity index (χ4n) is 5.06. The van der Waals surface area contributed by atoms with Crippen molar-refractivity contribution in [2.45, 2.75) is 51.2 Å². The van der Waals surface area contributed by atoms with Gasteiger partial charge in [0.25, 0.3) is 0 Å². The van der Waals surface area contributed by atoms with Crippen molar-refractivity contribution in [3.8, 4) is 5.82 Å². The minimum Gasteiger partial charge on any atom is -0.475 e. The summed E-state index contributed by atoms with van der Waals surface area (Å²) in [7, 11) is 0. The van der Waals surface area contributed by atoms with Gasteiger partial charge in [-0.15, -0.1) is 0 Å². The number of carboxylic acid groups (broad SMARTS) is 1. The number of likely N-dealkylation sites (tertiary alicyclic amines) is 1. The van der Waals surface area contributed by atoms with Gasteiger partial charge in [0.05, 0.1) is 11.4 Å². The molecular formula is C24H29F3N4O3. The van der Waals surface area contributed by atoms with Crippen molar-refractivity contribution in [3.05, 3.63) is 42.4 Å². The summed E-state index contributed by atoms with van der Waals surface area (Å²) >= 11 is 0. The maximum absolute atomic E-state index is 13.0. The Kier molecular flexibility index (Phi) is 6.35. The Balaban J connectivity index is 0.000000344. The molecule has 1 aliphatic carbocycles. The lowest BCUT2D eigenvalue weighted by molar-refractivity contribution is -0.192. The SMILES string of the molecule is CC(C)CN1c2cccnc2-n2cccc2C12CCN(C(=O)C1CCC1)C2.O=C(O)C(F)(F)F. The topological polar surface area (TPSA) is 78.7 Å². The quantitative estimate of drug-likeness (QED) is 0.715. The lowest BCUT2D eigenvalue weighted by atomic mass is 9.84. The van der Waals surface area contributed by atoms with E-state index in [1.54, 1.807) is 0 Å². The molecule has 1 unspecified atom stereocenters. The van der Waals surface area contributed by atoms with E-state index in [-0.39, 0.29) is 11.5 Å². The van der Waals surface area contributed by atoms with Gasteiger partial charge in [-0.25, -0.2) is 9.78 Å². The Bertz CT molecular complexity index is 1060. The third kappa shape index (κ3) is 4.25. The van der Waals surface area contributed by atoms with Gasteiger partial charge in [0.2, 0.25) is 5.91 Å². The molecule has 5 rings (SSSR count). The number of pyridine rings is 1. The molecular weight excluding hydrogens is 449 g/mol. The Morgan fingerprint density at radius 1 is 1.24 bits per heavy atom. The number of hydrogen-bond acceptors (Lipinski definition) is 4. The first-order chi connectivity index (χ1) is 16.0. The molecule has 1 N–H and O–H groups in total. The zero-order valence-corrected chi connectivity index (χ0v) is 19.3. The maximum atomic E-state index is 13.0. The molecule has 0 aromatic carbocycles. The molecule has 184 valence electrons. The van der Waals surface area contributed by atoms with Gasteiger partial charge in [-0.2, -0.15) is 13.2 Å². The van der Waals surface area contributed by atoms with Crippen LogP contribution in [0.5, 0.6) is 0 Å². The third-order valence-corrected chi connectivity index (χ3v) is 6.83. The summed E-state index contributed by atoms with van der Waals surface area (Å²) in [6.45, 7) is 7.14. The van der Waals surface area contributed by atoms with E-state index in [1.165, 1.54) is 17.8 Å². The molecule has 1 spiro atoms. The van der Waals surface area contributed by atoms with Crippen molar-refractivity contribution in [2.24, 2.45) is 11.8 Å². The average molecular weight is 479 g/mol. The van der Waals surface area contributed by atoms with Gasteiger partial charge in [-0.1, -0.05) is 20.3 Å². The van der Waals surface area contributed by atoms with Crippen molar-refractivity contribution in [1.82, 2.24) is 14.5 Å². The molecule has 1 amide bonds. The minimum absolute atomic E-state index is 0.150. The number of nitrogens with zero attached hydrogens (tertiary/aromatic N) is 4.